The number of aryl methyl sites for hydroxylation is 2. The van der Waals surface area contributed by atoms with Gasteiger partial charge in [-0.15, -0.1) is 0 Å². The van der Waals surface area contributed by atoms with Crippen molar-refractivity contribution in [3.05, 3.63) is 77.1 Å². The Morgan fingerprint density at radius 1 is 0.964 bits per heavy atom. The molecule has 1 amide bonds. The molecule has 1 aromatic heterocycles. The number of carbonyl (C=O) groups is 2. The van der Waals surface area contributed by atoms with Crippen LogP contribution in [0.1, 0.15) is 32.0 Å². The van der Waals surface area contributed by atoms with Gasteiger partial charge in [0.2, 0.25) is 5.95 Å². The van der Waals surface area contributed by atoms with Crippen LogP contribution in [0.5, 0.6) is 0 Å². The molecule has 0 spiro atoms. The molecule has 1 heterocycles. The molecule has 0 unspecified atom stereocenters. The van der Waals surface area contributed by atoms with E-state index in [1.165, 1.54) is 19.4 Å². The number of benzene rings is 2. The topological polar surface area (TPSA) is 93.2 Å². The van der Waals surface area contributed by atoms with Gasteiger partial charge in [0.15, 0.2) is 0 Å². The number of nitrogens with one attached hydrogen (secondary N) is 2. The quantitative estimate of drug-likeness (QED) is 0.657. The lowest BCUT2D eigenvalue weighted by atomic mass is 10.1. The Bertz CT molecular complexity index is 996. The second-order valence-corrected chi connectivity index (χ2v) is 6.18. The summed E-state index contributed by atoms with van der Waals surface area (Å²) in [6.45, 7) is 3.98. The van der Waals surface area contributed by atoms with Crippen molar-refractivity contribution in [2.24, 2.45) is 0 Å². The first-order chi connectivity index (χ1) is 13.5. The number of carbonyl (C=O) groups excluding carboxylic acids is 2. The number of rotatable bonds is 5. The van der Waals surface area contributed by atoms with Crippen LogP contribution in [0.3, 0.4) is 0 Å². The predicted molar refractivity (Wildman–Crippen MR) is 107 cm³/mol. The van der Waals surface area contributed by atoms with Crippen LogP contribution in [0, 0.1) is 13.8 Å². The molecule has 2 N–H and O–H groups in total. The molecule has 142 valence electrons. The van der Waals surface area contributed by atoms with Crippen LogP contribution in [-0.4, -0.2) is 29.0 Å². The molecule has 2 aromatic carbocycles. The highest BCUT2D eigenvalue weighted by molar-refractivity contribution is 6.03. The Labute approximate surface area is 162 Å². The Kier molecular flexibility index (Phi) is 5.64. The van der Waals surface area contributed by atoms with E-state index >= 15 is 0 Å². The minimum Gasteiger partial charge on any atom is -0.465 e. The summed E-state index contributed by atoms with van der Waals surface area (Å²) in [5, 5.41) is 5.92. The number of methoxy groups -OCH3 is 1. The molecule has 0 saturated carbocycles. The summed E-state index contributed by atoms with van der Waals surface area (Å²) in [4.78, 5) is 32.5. The highest BCUT2D eigenvalue weighted by Gasteiger charge is 2.12. The maximum Gasteiger partial charge on any atom is 0.337 e. The van der Waals surface area contributed by atoms with Crippen molar-refractivity contribution >= 4 is 29.2 Å². The van der Waals surface area contributed by atoms with Crippen molar-refractivity contribution < 1.29 is 14.3 Å². The zero-order chi connectivity index (χ0) is 20.1. The van der Waals surface area contributed by atoms with Crippen LogP contribution >= 0.6 is 0 Å². The summed E-state index contributed by atoms with van der Waals surface area (Å²) in [5.74, 6) is -0.472. The van der Waals surface area contributed by atoms with Crippen LogP contribution < -0.4 is 10.6 Å². The fourth-order valence-electron chi connectivity index (χ4n) is 2.67. The van der Waals surface area contributed by atoms with Crippen LogP contribution in [0.2, 0.25) is 0 Å². The third-order valence-electron chi connectivity index (χ3n) is 4.17. The third-order valence-corrected chi connectivity index (χ3v) is 4.17. The van der Waals surface area contributed by atoms with Crippen LogP contribution in [0.4, 0.5) is 17.3 Å². The van der Waals surface area contributed by atoms with Gasteiger partial charge in [-0.25, -0.2) is 14.8 Å². The Balaban J connectivity index is 1.74. The second kappa shape index (κ2) is 8.30. The number of amides is 1. The monoisotopic (exact) mass is 376 g/mol. The van der Waals surface area contributed by atoms with Crippen molar-refractivity contribution in [1.82, 2.24) is 9.97 Å². The lowest BCUT2D eigenvalue weighted by Gasteiger charge is -2.12. The zero-order valence-corrected chi connectivity index (χ0v) is 15.8. The van der Waals surface area contributed by atoms with Crippen molar-refractivity contribution in [1.29, 1.82) is 0 Å². The molecule has 7 nitrogen and oxygen atoms in total. The minimum atomic E-state index is -0.434. The highest BCUT2D eigenvalue weighted by Crippen LogP contribution is 2.22. The lowest BCUT2D eigenvalue weighted by Crippen LogP contribution is -2.15. The van der Waals surface area contributed by atoms with Gasteiger partial charge in [-0.3, -0.25) is 4.79 Å². The van der Waals surface area contributed by atoms with Gasteiger partial charge in [0, 0.05) is 17.6 Å². The van der Waals surface area contributed by atoms with Crippen LogP contribution in [0.15, 0.2) is 54.7 Å². The smallest absolute Gasteiger partial charge is 0.337 e. The summed E-state index contributed by atoms with van der Waals surface area (Å²) in [6, 6.07) is 13.9. The average Bonchev–Trinajstić information content (AvgIpc) is 2.71. The number of hydrogen-bond acceptors (Lipinski definition) is 6. The van der Waals surface area contributed by atoms with Crippen molar-refractivity contribution in [2.45, 2.75) is 13.8 Å². The van der Waals surface area contributed by atoms with Gasteiger partial charge in [0.25, 0.3) is 5.91 Å². The first kappa shape index (κ1) is 19.0. The molecule has 0 aliphatic rings. The van der Waals surface area contributed by atoms with E-state index in [0.29, 0.717) is 17.2 Å². The Morgan fingerprint density at radius 2 is 1.64 bits per heavy atom. The van der Waals surface area contributed by atoms with Gasteiger partial charge in [-0.2, -0.15) is 0 Å². The van der Waals surface area contributed by atoms with Gasteiger partial charge >= 0.3 is 5.97 Å². The number of ether oxygens (including phenoxy) is 1. The number of hydrogen-bond donors (Lipinski definition) is 2. The van der Waals surface area contributed by atoms with E-state index in [0.717, 1.165) is 16.8 Å². The van der Waals surface area contributed by atoms with E-state index < -0.39 is 5.97 Å². The standard InChI is InChI=1S/C21H20N4O3/c1-13-5-4-6-14(2)18(13)25-21-22-12-11-17(24-21)19(26)23-16-9-7-15(8-10-16)20(27)28-3/h4-12H,1-3H3,(H,23,26)(H,22,24,25). The average molecular weight is 376 g/mol. The largest absolute Gasteiger partial charge is 0.465 e. The fourth-order valence-corrected chi connectivity index (χ4v) is 2.67. The van der Waals surface area contributed by atoms with E-state index in [1.807, 2.05) is 32.0 Å². The first-order valence-electron chi connectivity index (χ1n) is 8.64. The molecular formula is C21H20N4O3. The molecule has 0 aliphatic carbocycles. The summed E-state index contributed by atoms with van der Waals surface area (Å²) >= 11 is 0. The number of anilines is 3. The summed E-state index contributed by atoms with van der Waals surface area (Å²) in [7, 11) is 1.32. The molecular weight excluding hydrogens is 356 g/mol. The Morgan fingerprint density at radius 3 is 2.29 bits per heavy atom. The van der Waals surface area contributed by atoms with Gasteiger partial charge in [0.05, 0.1) is 12.7 Å². The lowest BCUT2D eigenvalue weighted by molar-refractivity contribution is 0.0600. The number of para-hydroxylation sites is 1. The van der Waals surface area contributed by atoms with Crippen molar-refractivity contribution in [2.75, 3.05) is 17.7 Å². The Hall–Kier alpha value is -3.74. The number of esters is 1. The highest BCUT2D eigenvalue weighted by atomic mass is 16.5. The third kappa shape index (κ3) is 4.32. The van der Waals surface area contributed by atoms with E-state index in [2.05, 4.69) is 25.3 Å². The number of aromatic nitrogens is 2. The molecule has 7 heteroatoms. The molecule has 28 heavy (non-hydrogen) atoms. The van der Waals surface area contributed by atoms with E-state index in [-0.39, 0.29) is 11.6 Å². The van der Waals surface area contributed by atoms with E-state index in [1.54, 1.807) is 24.3 Å². The maximum absolute atomic E-state index is 12.5. The molecule has 0 bridgehead atoms. The van der Waals surface area contributed by atoms with Crippen molar-refractivity contribution in [3.63, 3.8) is 0 Å². The summed E-state index contributed by atoms with van der Waals surface area (Å²) in [6.07, 6.45) is 1.53. The van der Waals surface area contributed by atoms with Crippen molar-refractivity contribution in [3.8, 4) is 0 Å². The first-order valence-corrected chi connectivity index (χ1v) is 8.64. The fraction of sp³-hybridized carbons (Fsp3) is 0.143. The molecule has 0 radical (unpaired) electrons. The molecule has 0 aliphatic heterocycles. The molecule has 0 atom stereocenters. The van der Waals surface area contributed by atoms with Gasteiger partial charge in [-0.1, -0.05) is 18.2 Å². The van der Waals surface area contributed by atoms with E-state index in [4.69, 9.17) is 0 Å². The molecule has 3 rings (SSSR count). The second-order valence-electron chi connectivity index (χ2n) is 6.18. The normalized spacial score (nSPS) is 10.2. The SMILES string of the molecule is COC(=O)c1ccc(NC(=O)c2ccnc(Nc3c(C)cccc3C)n2)cc1. The van der Waals surface area contributed by atoms with E-state index in [9.17, 15) is 9.59 Å². The maximum atomic E-state index is 12.5. The molecule has 0 fully saturated rings. The van der Waals surface area contributed by atoms with Crippen LogP contribution in [0.25, 0.3) is 0 Å². The van der Waals surface area contributed by atoms with Crippen LogP contribution in [-0.2, 0) is 4.74 Å². The van der Waals surface area contributed by atoms with Gasteiger partial charge in [-0.05, 0) is 55.3 Å². The predicted octanol–water partition coefficient (Wildman–Crippen LogP) is 3.88. The molecule has 3 aromatic rings. The summed E-state index contributed by atoms with van der Waals surface area (Å²) < 4.78 is 4.66. The van der Waals surface area contributed by atoms with Gasteiger partial charge < -0.3 is 15.4 Å². The van der Waals surface area contributed by atoms with Gasteiger partial charge in [0.1, 0.15) is 5.69 Å². The zero-order valence-electron chi connectivity index (χ0n) is 15.8. The summed E-state index contributed by atoms with van der Waals surface area (Å²) in [5.41, 5.74) is 4.20. The minimum absolute atomic E-state index is 0.223. The number of nitrogens with zero attached hydrogens (tertiary/aromatic N) is 2. The molecule has 0 saturated heterocycles.